The second-order valence-electron chi connectivity index (χ2n) is 5.21. The molecule has 0 aliphatic heterocycles. The molecule has 1 fully saturated rings. The van der Waals surface area contributed by atoms with E-state index < -0.39 is 17.0 Å². The Bertz CT molecular complexity index is 407. The largest absolute Gasteiger partial charge is 0.497 e. The number of halogens is 3. The van der Waals surface area contributed by atoms with Crippen LogP contribution in [0, 0.1) is 17.6 Å². The minimum Gasteiger partial charge on any atom is -0.497 e. The number of hydrogen-bond acceptors (Lipinski definition) is 1. The summed E-state index contributed by atoms with van der Waals surface area (Å²) >= 11 is 6.22. The first-order chi connectivity index (χ1) is 9.11. The Morgan fingerprint density at radius 1 is 1.21 bits per heavy atom. The van der Waals surface area contributed by atoms with Gasteiger partial charge in [0.2, 0.25) is 0 Å². The van der Waals surface area contributed by atoms with Gasteiger partial charge in [-0.1, -0.05) is 32.1 Å². The van der Waals surface area contributed by atoms with Gasteiger partial charge < -0.3 is 4.74 Å². The molecule has 2 rings (SSSR count). The zero-order chi connectivity index (χ0) is 13.8. The smallest absolute Gasteiger partial charge is 0.134 e. The fourth-order valence-corrected chi connectivity index (χ4v) is 3.27. The minimum absolute atomic E-state index is 0.0203. The summed E-state index contributed by atoms with van der Waals surface area (Å²) in [7, 11) is 1.38. The standard InChI is InChI=1S/C15H19ClF2O/c1-19-11-8-13(17)15(14(18)9-11)12(16)7-10-5-3-2-4-6-10/h8-10,12H,2-7H2,1H3. The number of hydrogen-bond donors (Lipinski definition) is 0. The van der Waals surface area contributed by atoms with Gasteiger partial charge in [-0.2, -0.15) is 0 Å². The SMILES string of the molecule is COc1cc(F)c(C(Cl)CC2CCCCC2)c(F)c1. The van der Waals surface area contributed by atoms with Crippen molar-refractivity contribution in [2.75, 3.05) is 7.11 Å². The Hall–Kier alpha value is -0.830. The summed E-state index contributed by atoms with van der Waals surface area (Å²) in [5, 5.41) is -0.603. The van der Waals surface area contributed by atoms with Crippen molar-refractivity contribution in [2.45, 2.75) is 43.9 Å². The molecule has 0 aromatic heterocycles. The van der Waals surface area contributed by atoms with Crippen molar-refractivity contribution in [3.63, 3.8) is 0 Å². The summed E-state index contributed by atoms with van der Waals surface area (Å²) < 4.78 is 32.6. The normalized spacial score (nSPS) is 18.3. The van der Waals surface area contributed by atoms with Crippen LogP contribution in [-0.2, 0) is 0 Å². The minimum atomic E-state index is -0.618. The van der Waals surface area contributed by atoms with E-state index >= 15 is 0 Å². The molecule has 1 aromatic rings. The van der Waals surface area contributed by atoms with Crippen molar-refractivity contribution < 1.29 is 13.5 Å². The van der Waals surface area contributed by atoms with Crippen molar-refractivity contribution in [1.29, 1.82) is 0 Å². The molecule has 0 heterocycles. The van der Waals surface area contributed by atoms with Crippen molar-refractivity contribution in [3.8, 4) is 5.75 Å². The van der Waals surface area contributed by atoms with Gasteiger partial charge in [0, 0.05) is 17.7 Å². The first-order valence-corrected chi connectivity index (χ1v) is 7.22. The number of benzene rings is 1. The third-order valence-corrected chi connectivity index (χ3v) is 4.26. The molecule has 1 atom stereocenters. The fourth-order valence-electron chi connectivity index (χ4n) is 2.81. The van der Waals surface area contributed by atoms with Gasteiger partial charge in [0.1, 0.15) is 17.4 Å². The van der Waals surface area contributed by atoms with Crippen LogP contribution in [0.15, 0.2) is 12.1 Å². The Morgan fingerprint density at radius 2 is 1.79 bits per heavy atom. The molecule has 1 unspecified atom stereocenters. The van der Waals surface area contributed by atoms with Crippen LogP contribution < -0.4 is 4.74 Å². The molecule has 106 valence electrons. The van der Waals surface area contributed by atoms with Crippen LogP contribution in [-0.4, -0.2) is 7.11 Å². The van der Waals surface area contributed by atoms with Gasteiger partial charge in [-0.3, -0.25) is 0 Å². The monoisotopic (exact) mass is 288 g/mol. The molecule has 1 nitrogen and oxygen atoms in total. The number of alkyl halides is 1. The molecule has 1 saturated carbocycles. The van der Waals surface area contributed by atoms with Crippen molar-refractivity contribution in [2.24, 2.45) is 5.92 Å². The number of rotatable bonds is 4. The lowest BCUT2D eigenvalue weighted by atomic mass is 9.85. The first kappa shape index (κ1) is 14.6. The molecular weight excluding hydrogens is 270 g/mol. The molecule has 19 heavy (non-hydrogen) atoms. The highest BCUT2D eigenvalue weighted by Gasteiger charge is 2.24. The van der Waals surface area contributed by atoms with Crippen LogP contribution in [0.5, 0.6) is 5.75 Å². The molecule has 0 amide bonds. The van der Waals surface area contributed by atoms with E-state index in [9.17, 15) is 8.78 Å². The maximum absolute atomic E-state index is 13.9. The van der Waals surface area contributed by atoms with E-state index in [-0.39, 0.29) is 11.3 Å². The highest BCUT2D eigenvalue weighted by Crippen LogP contribution is 2.38. The van der Waals surface area contributed by atoms with E-state index in [1.54, 1.807) is 0 Å². The maximum atomic E-state index is 13.9. The molecule has 0 saturated heterocycles. The van der Waals surface area contributed by atoms with Gasteiger partial charge in [-0.25, -0.2) is 8.78 Å². The second kappa shape index (κ2) is 6.56. The molecule has 1 aliphatic carbocycles. The summed E-state index contributed by atoms with van der Waals surface area (Å²) in [6, 6.07) is 2.38. The maximum Gasteiger partial charge on any atom is 0.134 e. The van der Waals surface area contributed by atoms with Crippen LogP contribution >= 0.6 is 11.6 Å². The van der Waals surface area contributed by atoms with Gasteiger partial charge in [0.05, 0.1) is 12.5 Å². The predicted molar refractivity (Wildman–Crippen MR) is 72.7 cm³/mol. The van der Waals surface area contributed by atoms with Crippen LogP contribution in [0.2, 0.25) is 0 Å². The van der Waals surface area contributed by atoms with E-state index in [1.807, 2.05) is 0 Å². The molecule has 1 aliphatic rings. The van der Waals surface area contributed by atoms with Crippen molar-refractivity contribution >= 4 is 11.6 Å². The third kappa shape index (κ3) is 3.59. The van der Waals surface area contributed by atoms with Gasteiger partial charge in [0.25, 0.3) is 0 Å². The van der Waals surface area contributed by atoms with E-state index in [0.717, 1.165) is 12.8 Å². The van der Waals surface area contributed by atoms with Gasteiger partial charge in [-0.05, 0) is 12.3 Å². The van der Waals surface area contributed by atoms with Crippen molar-refractivity contribution in [1.82, 2.24) is 0 Å². The quantitative estimate of drug-likeness (QED) is 0.690. The van der Waals surface area contributed by atoms with E-state index in [1.165, 1.54) is 38.5 Å². The summed E-state index contributed by atoms with van der Waals surface area (Å²) in [5.74, 6) is -0.572. The van der Waals surface area contributed by atoms with Crippen LogP contribution in [0.3, 0.4) is 0 Å². The van der Waals surface area contributed by atoms with Crippen LogP contribution in [0.1, 0.15) is 49.5 Å². The lowest BCUT2D eigenvalue weighted by molar-refractivity contribution is 0.332. The molecular formula is C15H19ClF2O. The highest BCUT2D eigenvalue weighted by atomic mass is 35.5. The lowest BCUT2D eigenvalue weighted by Crippen LogP contribution is -2.10. The summed E-state index contributed by atoms with van der Waals surface area (Å²) in [4.78, 5) is 0. The van der Waals surface area contributed by atoms with Crippen LogP contribution in [0.4, 0.5) is 8.78 Å². The molecule has 1 aromatic carbocycles. The van der Waals surface area contributed by atoms with Crippen LogP contribution in [0.25, 0.3) is 0 Å². The van der Waals surface area contributed by atoms with Gasteiger partial charge >= 0.3 is 0 Å². The fraction of sp³-hybridized carbons (Fsp3) is 0.600. The predicted octanol–water partition coefficient (Wildman–Crippen LogP) is 5.22. The molecule has 0 bridgehead atoms. The number of ether oxygens (including phenoxy) is 1. The van der Waals surface area contributed by atoms with Gasteiger partial charge in [-0.15, -0.1) is 11.6 Å². The lowest BCUT2D eigenvalue weighted by Gasteiger charge is -2.24. The van der Waals surface area contributed by atoms with E-state index in [0.29, 0.717) is 12.3 Å². The van der Waals surface area contributed by atoms with Gasteiger partial charge in [0.15, 0.2) is 0 Å². The zero-order valence-corrected chi connectivity index (χ0v) is 11.9. The highest BCUT2D eigenvalue weighted by molar-refractivity contribution is 6.20. The average Bonchev–Trinajstić information content (AvgIpc) is 2.38. The Labute approximate surface area is 117 Å². The second-order valence-corrected chi connectivity index (χ2v) is 5.74. The summed E-state index contributed by atoms with van der Waals surface area (Å²) in [5.41, 5.74) is -0.0203. The summed E-state index contributed by atoms with van der Waals surface area (Å²) in [6.45, 7) is 0. The molecule has 4 heteroatoms. The Morgan fingerprint density at radius 3 is 2.32 bits per heavy atom. The van der Waals surface area contributed by atoms with E-state index in [2.05, 4.69) is 0 Å². The zero-order valence-electron chi connectivity index (χ0n) is 11.1. The number of methoxy groups -OCH3 is 1. The Balaban J connectivity index is 2.11. The molecule has 0 spiro atoms. The topological polar surface area (TPSA) is 9.23 Å². The molecule has 0 N–H and O–H groups in total. The van der Waals surface area contributed by atoms with E-state index in [4.69, 9.17) is 16.3 Å². The average molecular weight is 289 g/mol. The third-order valence-electron chi connectivity index (χ3n) is 3.87. The first-order valence-electron chi connectivity index (χ1n) is 6.78. The van der Waals surface area contributed by atoms with Crippen molar-refractivity contribution in [3.05, 3.63) is 29.3 Å². The molecule has 0 radical (unpaired) electrons. The summed E-state index contributed by atoms with van der Waals surface area (Å²) in [6.07, 6.45) is 6.52. The Kier molecular flexibility index (Phi) is 5.03.